The highest BCUT2D eigenvalue weighted by Gasteiger charge is 2.34. The van der Waals surface area contributed by atoms with Gasteiger partial charge in [-0.2, -0.15) is 0 Å². The fourth-order valence-electron chi connectivity index (χ4n) is 6.92. The molecule has 1 aliphatic heterocycles. The Hall–Kier alpha value is -6.84. The molecule has 72 heavy (non-hydrogen) atoms. The van der Waals surface area contributed by atoms with Crippen LogP contribution in [0.4, 0.5) is 19.2 Å². The van der Waals surface area contributed by atoms with Crippen LogP contribution < -0.4 is 42.5 Å². The number of benzene rings is 2. The summed E-state index contributed by atoms with van der Waals surface area (Å²) in [5, 5.41) is 43.0. The summed E-state index contributed by atoms with van der Waals surface area (Å²) in [7, 11) is 0. The molecule has 0 unspecified atom stereocenters. The summed E-state index contributed by atoms with van der Waals surface area (Å²) in [6, 6.07) is 6.36. The zero-order chi connectivity index (χ0) is 54.2. The molecule has 5 atom stereocenters. The number of ether oxygens (including phenoxy) is 4. The Morgan fingerprint density at radius 1 is 0.653 bits per heavy atom. The topological polar surface area (TPSA) is 310 Å². The molecule has 0 radical (unpaired) electrons. The number of alkyl carbamates (subject to hydrolysis) is 4. The van der Waals surface area contributed by atoms with Gasteiger partial charge in [-0.25, -0.2) is 19.2 Å². The van der Waals surface area contributed by atoms with E-state index in [9.17, 15) is 48.6 Å². The Balaban J connectivity index is 1.95. The van der Waals surface area contributed by atoms with Gasteiger partial charge in [0.1, 0.15) is 52.3 Å². The third-order valence-corrected chi connectivity index (χ3v) is 9.93. The lowest BCUT2D eigenvalue weighted by atomic mass is 9.96. The molecule has 8 amide bonds. The van der Waals surface area contributed by atoms with Crippen LogP contribution in [0.3, 0.4) is 0 Å². The standard InChI is InChI=1S/C50H76N8O14/c1-47(2,3)69-43(65)53-22-21-52-39(61)34(57-45(67)71-49(7,8)9)17-14-20-51-40(62)35-24-29-15-13-16-30(23-29)31-18-19-38(60)32(25-31)26-36(58-46(68)72-50(10,11)12)41(63)56-37(42(64)55-35)27-33(59)28-54-44(66)70-48(4,5)6/h13,15-16,18-19,23,25,33-37,59-60H,14,17,20-22,24,26-28H2,1-12H3,(H,51,62)(H,52,61)(H,53,65)(H,54,66)(H,55,64)(H,56,63)(H,57,67)(H,58,68)/t33-,34+,35+,36+,37+/m1/s1. The van der Waals surface area contributed by atoms with Crippen molar-refractivity contribution in [2.75, 3.05) is 26.2 Å². The van der Waals surface area contributed by atoms with E-state index in [0.29, 0.717) is 16.7 Å². The average molecular weight is 1010 g/mol. The van der Waals surface area contributed by atoms with E-state index in [-0.39, 0.29) is 56.6 Å². The molecule has 22 nitrogen and oxygen atoms in total. The highest BCUT2D eigenvalue weighted by molar-refractivity contribution is 5.94. The molecule has 2 aromatic carbocycles. The van der Waals surface area contributed by atoms with Gasteiger partial charge in [-0.3, -0.25) is 19.2 Å². The normalized spacial score (nSPS) is 17.4. The largest absolute Gasteiger partial charge is 0.508 e. The number of nitrogens with one attached hydrogen (secondary N) is 8. The number of rotatable bonds is 15. The number of fused-ring (bicyclic) bond motifs is 5. The van der Waals surface area contributed by atoms with Gasteiger partial charge in [0.25, 0.3) is 0 Å². The number of carbonyl (C=O) groups excluding carboxylic acids is 8. The van der Waals surface area contributed by atoms with Gasteiger partial charge in [-0.05, 0) is 130 Å². The molecule has 3 rings (SSSR count). The Labute approximate surface area is 421 Å². The van der Waals surface area contributed by atoms with Crippen molar-refractivity contribution in [1.82, 2.24) is 42.5 Å². The van der Waals surface area contributed by atoms with E-state index >= 15 is 0 Å². The van der Waals surface area contributed by atoms with E-state index < -0.39 is 114 Å². The second-order valence-electron chi connectivity index (χ2n) is 21.4. The second-order valence-corrected chi connectivity index (χ2v) is 21.4. The van der Waals surface area contributed by atoms with Crippen molar-refractivity contribution in [3.05, 3.63) is 53.6 Å². The van der Waals surface area contributed by atoms with Gasteiger partial charge in [0.2, 0.25) is 23.6 Å². The lowest BCUT2D eigenvalue weighted by Crippen LogP contribution is -2.58. The number of hydrogen-bond acceptors (Lipinski definition) is 14. The van der Waals surface area contributed by atoms with Crippen molar-refractivity contribution in [2.24, 2.45) is 0 Å². The van der Waals surface area contributed by atoms with Crippen LogP contribution in [0.15, 0.2) is 42.5 Å². The summed E-state index contributed by atoms with van der Waals surface area (Å²) >= 11 is 0. The van der Waals surface area contributed by atoms with E-state index in [1.165, 1.54) is 6.07 Å². The smallest absolute Gasteiger partial charge is 0.408 e. The number of carbonyl (C=O) groups is 8. The van der Waals surface area contributed by atoms with Crippen LogP contribution in [0, 0.1) is 0 Å². The van der Waals surface area contributed by atoms with Crippen LogP contribution in [0.1, 0.15) is 113 Å². The van der Waals surface area contributed by atoms with Gasteiger partial charge in [-0.1, -0.05) is 30.3 Å². The van der Waals surface area contributed by atoms with E-state index in [0.717, 1.165) is 0 Å². The quantitative estimate of drug-likeness (QED) is 0.0899. The predicted octanol–water partition coefficient (Wildman–Crippen LogP) is 3.73. The summed E-state index contributed by atoms with van der Waals surface area (Å²) in [5.74, 6) is -3.26. The summed E-state index contributed by atoms with van der Waals surface area (Å²) in [5.41, 5.74) is -1.28. The molecule has 0 saturated heterocycles. The monoisotopic (exact) mass is 1010 g/mol. The van der Waals surface area contributed by atoms with Gasteiger partial charge in [0.05, 0.1) is 6.10 Å². The lowest BCUT2D eigenvalue weighted by Gasteiger charge is -2.28. The van der Waals surface area contributed by atoms with Gasteiger partial charge in [0, 0.05) is 45.4 Å². The summed E-state index contributed by atoms with van der Waals surface area (Å²) in [6.45, 7) is 19.5. The molecule has 2 aromatic rings. The number of amides is 8. The van der Waals surface area contributed by atoms with Gasteiger partial charge in [-0.15, -0.1) is 0 Å². The number of phenols is 1. The van der Waals surface area contributed by atoms with Gasteiger partial charge in [0.15, 0.2) is 0 Å². The minimum absolute atomic E-state index is 0.00254. The molecule has 4 bridgehead atoms. The minimum Gasteiger partial charge on any atom is -0.508 e. The maximum absolute atomic E-state index is 14.4. The zero-order valence-electron chi connectivity index (χ0n) is 43.6. The molecule has 0 aliphatic carbocycles. The van der Waals surface area contributed by atoms with Gasteiger partial charge < -0.3 is 71.7 Å². The molecule has 1 aliphatic rings. The minimum atomic E-state index is -1.58. The van der Waals surface area contributed by atoms with Crippen LogP contribution in [-0.2, 0) is 51.0 Å². The van der Waals surface area contributed by atoms with E-state index in [1.54, 1.807) is 119 Å². The molecular formula is C50H76N8O14. The molecule has 0 fully saturated rings. The van der Waals surface area contributed by atoms with Gasteiger partial charge >= 0.3 is 24.4 Å². The molecule has 0 saturated carbocycles. The SMILES string of the molecule is CC(C)(C)OC(=O)NCCNC(=O)[C@H](CCCNC(=O)[C@@H]1Cc2cccc(c2)-c2ccc(O)c(c2)C[C@H](NC(=O)OC(C)(C)C)C(=O)N[C@@H](C[C@@H](O)CNC(=O)OC(C)(C)C)C(=O)N1)NC(=O)OC(C)(C)C. The molecular weight excluding hydrogens is 937 g/mol. The average Bonchev–Trinajstić information content (AvgIpc) is 3.22. The van der Waals surface area contributed by atoms with Crippen LogP contribution >= 0.6 is 0 Å². The van der Waals surface area contributed by atoms with Crippen LogP contribution in [0.5, 0.6) is 5.75 Å². The first-order chi connectivity index (χ1) is 33.3. The maximum Gasteiger partial charge on any atom is 0.408 e. The molecule has 22 heteroatoms. The molecule has 0 aromatic heterocycles. The van der Waals surface area contributed by atoms with E-state index in [2.05, 4.69) is 42.5 Å². The highest BCUT2D eigenvalue weighted by atomic mass is 16.6. The van der Waals surface area contributed by atoms with Crippen molar-refractivity contribution in [2.45, 2.75) is 168 Å². The number of hydrogen-bond donors (Lipinski definition) is 10. The summed E-state index contributed by atoms with van der Waals surface area (Å²) in [6.07, 6.45) is -5.51. The number of aromatic hydroxyl groups is 1. The number of phenolic OH excluding ortho intramolecular Hbond substituents is 1. The zero-order valence-corrected chi connectivity index (χ0v) is 43.6. The molecule has 1 heterocycles. The Morgan fingerprint density at radius 3 is 1.85 bits per heavy atom. The van der Waals surface area contributed by atoms with Crippen LogP contribution in [0.2, 0.25) is 0 Å². The van der Waals surface area contributed by atoms with Crippen molar-refractivity contribution < 1.29 is 67.5 Å². The summed E-state index contributed by atoms with van der Waals surface area (Å²) in [4.78, 5) is 107. The molecule has 400 valence electrons. The van der Waals surface area contributed by atoms with Crippen molar-refractivity contribution >= 4 is 48.0 Å². The van der Waals surface area contributed by atoms with Crippen molar-refractivity contribution in [1.29, 1.82) is 0 Å². The first-order valence-electron chi connectivity index (χ1n) is 23.9. The Bertz CT molecular complexity index is 2230. The summed E-state index contributed by atoms with van der Waals surface area (Å²) < 4.78 is 21.3. The first-order valence-corrected chi connectivity index (χ1v) is 23.9. The molecule has 0 spiro atoms. The van der Waals surface area contributed by atoms with E-state index in [1.807, 2.05) is 0 Å². The highest BCUT2D eigenvalue weighted by Crippen LogP contribution is 2.28. The number of aliphatic hydroxyl groups excluding tert-OH is 1. The third kappa shape index (κ3) is 22.9. The Kier molecular flexibility index (Phi) is 21.5. The lowest BCUT2D eigenvalue weighted by molar-refractivity contribution is -0.133. The van der Waals surface area contributed by atoms with Crippen LogP contribution in [-0.4, -0.2) is 137 Å². The number of aliphatic hydroxyl groups is 1. The molecule has 10 N–H and O–H groups in total. The Morgan fingerprint density at radius 2 is 1.22 bits per heavy atom. The van der Waals surface area contributed by atoms with Crippen molar-refractivity contribution in [3.8, 4) is 16.9 Å². The fourth-order valence-corrected chi connectivity index (χ4v) is 6.92. The predicted molar refractivity (Wildman–Crippen MR) is 265 cm³/mol. The second kappa shape index (κ2) is 26.0. The first kappa shape index (κ1) is 59.5. The van der Waals surface area contributed by atoms with Crippen LogP contribution in [0.25, 0.3) is 11.1 Å². The van der Waals surface area contributed by atoms with E-state index in [4.69, 9.17) is 18.9 Å². The third-order valence-electron chi connectivity index (χ3n) is 9.93. The fraction of sp³-hybridized carbons (Fsp3) is 0.600. The van der Waals surface area contributed by atoms with Crippen molar-refractivity contribution in [3.63, 3.8) is 0 Å². The maximum atomic E-state index is 14.4.